The van der Waals surface area contributed by atoms with Gasteiger partial charge in [0.15, 0.2) is 0 Å². The van der Waals surface area contributed by atoms with Crippen molar-refractivity contribution in [1.29, 1.82) is 0 Å². The van der Waals surface area contributed by atoms with E-state index in [9.17, 15) is 9.50 Å². The number of hydrogen-bond donors (Lipinski definition) is 2. The molecule has 1 aliphatic heterocycles. The quantitative estimate of drug-likeness (QED) is 0.879. The van der Waals surface area contributed by atoms with Gasteiger partial charge in [0.1, 0.15) is 5.82 Å². The molecule has 1 unspecified atom stereocenters. The molecule has 1 aliphatic rings. The number of aliphatic hydroxyl groups is 1. The van der Waals surface area contributed by atoms with Crippen molar-refractivity contribution in [2.75, 3.05) is 31.6 Å². The number of halogens is 1. The zero-order valence-electron chi connectivity index (χ0n) is 11.5. The van der Waals surface area contributed by atoms with Gasteiger partial charge in [0.05, 0.1) is 12.1 Å². The Balaban J connectivity index is 2.07. The first-order chi connectivity index (χ1) is 9.17. The average molecular weight is 266 g/mol. The minimum absolute atomic E-state index is 0.113. The summed E-state index contributed by atoms with van der Waals surface area (Å²) < 4.78 is 12.9. The van der Waals surface area contributed by atoms with Crippen LogP contribution in [0.15, 0.2) is 24.3 Å². The Morgan fingerprint density at radius 1 is 1.26 bits per heavy atom. The van der Waals surface area contributed by atoms with Crippen molar-refractivity contribution in [3.05, 3.63) is 30.1 Å². The molecular weight excluding hydrogens is 243 g/mol. The number of benzene rings is 1. The Kier molecular flexibility index (Phi) is 4.77. The van der Waals surface area contributed by atoms with Gasteiger partial charge in [0, 0.05) is 12.2 Å². The van der Waals surface area contributed by atoms with Crippen LogP contribution in [0.25, 0.3) is 0 Å². The van der Waals surface area contributed by atoms with E-state index in [0.29, 0.717) is 0 Å². The van der Waals surface area contributed by atoms with Gasteiger partial charge in [-0.1, -0.05) is 6.92 Å². The van der Waals surface area contributed by atoms with Crippen LogP contribution >= 0.6 is 0 Å². The summed E-state index contributed by atoms with van der Waals surface area (Å²) in [6.07, 6.45) is 2.93. The largest absolute Gasteiger partial charge is 0.394 e. The fraction of sp³-hybridized carbons (Fsp3) is 0.600. The van der Waals surface area contributed by atoms with Crippen LogP contribution < -0.4 is 5.32 Å². The molecule has 1 aromatic carbocycles. The molecule has 1 heterocycles. The molecule has 0 amide bonds. The molecule has 3 nitrogen and oxygen atoms in total. The highest BCUT2D eigenvalue weighted by atomic mass is 19.1. The number of nitrogens with zero attached hydrogens (tertiary/aromatic N) is 1. The normalized spacial score (nSPS) is 25.0. The third kappa shape index (κ3) is 3.67. The molecule has 2 N–H and O–H groups in total. The standard InChI is InChI=1S/C15H23FN2O/c1-2-18-10-3-8-15(12-19,9-11-18)17-14-6-4-13(16)5-7-14/h4-7,17,19H,2-3,8-12H2,1H3. The van der Waals surface area contributed by atoms with Crippen LogP contribution in [0.3, 0.4) is 0 Å². The summed E-state index contributed by atoms with van der Waals surface area (Å²) >= 11 is 0. The third-order valence-electron chi connectivity index (χ3n) is 4.04. The Bertz CT molecular complexity index is 396. The summed E-state index contributed by atoms with van der Waals surface area (Å²) in [5.74, 6) is -0.235. The predicted molar refractivity (Wildman–Crippen MR) is 75.8 cm³/mol. The molecule has 19 heavy (non-hydrogen) atoms. The monoisotopic (exact) mass is 266 g/mol. The van der Waals surface area contributed by atoms with E-state index < -0.39 is 0 Å². The van der Waals surface area contributed by atoms with Gasteiger partial charge < -0.3 is 15.3 Å². The minimum Gasteiger partial charge on any atom is -0.394 e. The van der Waals surface area contributed by atoms with Crippen LogP contribution in [-0.2, 0) is 0 Å². The van der Waals surface area contributed by atoms with Gasteiger partial charge in [-0.15, -0.1) is 0 Å². The van der Waals surface area contributed by atoms with Crippen molar-refractivity contribution < 1.29 is 9.50 Å². The van der Waals surface area contributed by atoms with Gasteiger partial charge in [-0.25, -0.2) is 4.39 Å². The van der Waals surface area contributed by atoms with E-state index in [-0.39, 0.29) is 18.0 Å². The van der Waals surface area contributed by atoms with E-state index in [4.69, 9.17) is 0 Å². The van der Waals surface area contributed by atoms with Crippen LogP contribution in [0.2, 0.25) is 0 Å². The van der Waals surface area contributed by atoms with Crippen molar-refractivity contribution in [2.24, 2.45) is 0 Å². The lowest BCUT2D eigenvalue weighted by Gasteiger charge is -2.33. The van der Waals surface area contributed by atoms with Crippen molar-refractivity contribution in [3.63, 3.8) is 0 Å². The van der Waals surface area contributed by atoms with Crippen LogP contribution in [0.5, 0.6) is 0 Å². The molecule has 1 atom stereocenters. The molecule has 1 aromatic rings. The van der Waals surface area contributed by atoms with Crippen LogP contribution in [0.1, 0.15) is 26.2 Å². The maximum Gasteiger partial charge on any atom is 0.123 e. The number of rotatable bonds is 4. The second-order valence-corrected chi connectivity index (χ2v) is 5.36. The molecule has 1 fully saturated rings. The minimum atomic E-state index is -0.276. The van der Waals surface area contributed by atoms with Gasteiger partial charge in [0.2, 0.25) is 0 Å². The van der Waals surface area contributed by atoms with E-state index in [1.54, 1.807) is 12.1 Å². The van der Waals surface area contributed by atoms with Crippen LogP contribution in [0.4, 0.5) is 10.1 Å². The number of hydrogen-bond acceptors (Lipinski definition) is 3. The van der Waals surface area contributed by atoms with Crippen molar-refractivity contribution in [2.45, 2.75) is 31.7 Å². The summed E-state index contributed by atoms with van der Waals surface area (Å²) in [5, 5.41) is 13.2. The number of anilines is 1. The molecule has 0 saturated carbocycles. The molecule has 4 heteroatoms. The van der Waals surface area contributed by atoms with Gasteiger partial charge in [-0.2, -0.15) is 0 Å². The Hall–Kier alpha value is -1.13. The molecule has 0 spiro atoms. The first-order valence-electron chi connectivity index (χ1n) is 7.04. The topological polar surface area (TPSA) is 35.5 Å². The highest BCUT2D eigenvalue weighted by molar-refractivity contribution is 5.45. The first-order valence-corrected chi connectivity index (χ1v) is 7.04. The van der Waals surface area contributed by atoms with E-state index in [1.165, 1.54) is 12.1 Å². The maximum absolute atomic E-state index is 12.9. The van der Waals surface area contributed by atoms with Gasteiger partial charge in [-0.05, 0) is 56.6 Å². The molecule has 0 bridgehead atoms. The maximum atomic E-state index is 12.9. The smallest absolute Gasteiger partial charge is 0.123 e. The summed E-state index contributed by atoms with van der Waals surface area (Å²) in [6, 6.07) is 6.36. The molecular formula is C15H23FN2O. The van der Waals surface area contributed by atoms with Crippen LogP contribution in [-0.4, -0.2) is 41.8 Å². The van der Waals surface area contributed by atoms with Crippen molar-refractivity contribution in [3.8, 4) is 0 Å². The molecule has 1 saturated heterocycles. The fourth-order valence-electron chi connectivity index (χ4n) is 2.73. The Labute approximate surface area is 114 Å². The summed E-state index contributed by atoms with van der Waals surface area (Å²) in [4.78, 5) is 2.41. The first kappa shape index (κ1) is 14.3. The van der Waals surface area contributed by atoms with Crippen molar-refractivity contribution in [1.82, 2.24) is 4.90 Å². The SMILES string of the molecule is CCN1CCCC(CO)(Nc2ccc(F)cc2)CC1. The Morgan fingerprint density at radius 2 is 2.00 bits per heavy atom. The third-order valence-corrected chi connectivity index (χ3v) is 4.04. The van der Waals surface area contributed by atoms with Gasteiger partial charge in [-0.3, -0.25) is 0 Å². The lowest BCUT2D eigenvalue weighted by Crippen LogP contribution is -2.43. The van der Waals surface area contributed by atoms with E-state index in [0.717, 1.165) is 44.6 Å². The summed E-state index contributed by atoms with van der Waals surface area (Å²) in [7, 11) is 0. The number of aliphatic hydroxyl groups excluding tert-OH is 1. The number of likely N-dealkylation sites (tertiary alicyclic amines) is 1. The fourth-order valence-corrected chi connectivity index (χ4v) is 2.73. The van der Waals surface area contributed by atoms with Gasteiger partial charge >= 0.3 is 0 Å². The number of nitrogens with one attached hydrogen (secondary N) is 1. The molecule has 0 aliphatic carbocycles. The summed E-state index contributed by atoms with van der Waals surface area (Å²) in [6.45, 7) is 5.41. The zero-order valence-corrected chi connectivity index (χ0v) is 11.5. The van der Waals surface area contributed by atoms with E-state index in [2.05, 4.69) is 17.1 Å². The lowest BCUT2D eigenvalue weighted by molar-refractivity contribution is 0.193. The second-order valence-electron chi connectivity index (χ2n) is 5.36. The molecule has 2 rings (SSSR count). The van der Waals surface area contributed by atoms with Crippen molar-refractivity contribution >= 4 is 5.69 Å². The zero-order chi connectivity index (χ0) is 13.7. The van der Waals surface area contributed by atoms with E-state index >= 15 is 0 Å². The van der Waals surface area contributed by atoms with E-state index in [1.807, 2.05) is 0 Å². The molecule has 106 valence electrons. The lowest BCUT2D eigenvalue weighted by atomic mass is 9.91. The van der Waals surface area contributed by atoms with Crippen LogP contribution in [0, 0.1) is 5.82 Å². The average Bonchev–Trinajstić information content (AvgIpc) is 2.64. The predicted octanol–water partition coefficient (Wildman–Crippen LogP) is 2.47. The Morgan fingerprint density at radius 3 is 2.63 bits per heavy atom. The highest BCUT2D eigenvalue weighted by Gasteiger charge is 2.31. The highest BCUT2D eigenvalue weighted by Crippen LogP contribution is 2.27. The molecule has 0 radical (unpaired) electrons. The second kappa shape index (κ2) is 6.35. The molecule has 0 aromatic heterocycles. The van der Waals surface area contributed by atoms with Gasteiger partial charge in [0.25, 0.3) is 0 Å². The summed E-state index contributed by atoms with van der Waals surface area (Å²) in [5.41, 5.74) is 0.599.